The van der Waals surface area contributed by atoms with Gasteiger partial charge in [0.2, 0.25) is 5.91 Å². The van der Waals surface area contributed by atoms with Gasteiger partial charge >= 0.3 is 0 Å². The van der Waals surface area contributed by atoms with E-state index in [4.69, 9.17) is 5.11 Å². The number of aliphatic hydroxyl groups is 1. The van der Waals surface area contributed by atoms with Gasteiger partial charge in [0.25, 0.3) is 0 Å². The van der Waals surface area contributed by atoms with Crippen molar-refractivity contribution in [3.63, 3.8) is 0 Å². The van der Waals surface area contributed by atoms with Crippen LogP contribution in [0.15, 0.2) is 0 Å². The van der Waals surface area contributed by atoms with Crippen LogP contribution in [-0.2, 0) is 14.6 Å². The lowest BCUT2D eigenvalue weighted by molar-refractivity contribution is -0.133. The molecule has 7 heteroatoms. The second-order valence-corrected chi connectivity index (χ2v) is 8.06. The van der Waals surface area contributed by atoms with Gasteiger partial charge in [-0.15, -0.1) is 0 Å². The van der Waals surface area contributed by atoms with Crippen LogP contribution in [0.3, 0.4) is 0 Å². The van der Waals surface area contributed by atoms with Crippen LogP contribution in [0.25, 0.3) is 0 Å². The summed E-state index contributed by atoms with van der Waals surface area (Å²) < 4.78 is 22.0. The Bertz CT molecular complexity index is 419. The lowest BCUT2D eigenvalue weighted by Gasteiger charge is -2.30. The van der Waals surface area contributed by atoms with Crippen LogP contribution in [0, 0.1) is 0 Å². The van der Waals surface area contributed by atoms with Gasteiger partial charge in [0.15, 0.2) is 9.84 Å². The molecule has 0 aromatic rings. The Hall–Kier alpha value is -0.660. The van der Waals surface area contributed by atoms with Crippen molar-refractivity contribution in [2.45, 2.75) is 25.0 Å². The summed E-state index contributed by atoms with van der Waals surface area (Å²) in [7, 11) is -3.43. The molecule has 0 saturated carbocycles. The van der Waals surface area contributed by atoms with E-state index in [1.54, 1.807) is 4.90 Å². The van der Waals surface area contributed by atoms with E-state index in [1.165, 1.54) is 13.8 Å². The summed E-state index contributed by atoms with van der Waals surface area (Å²) in [6.07, 6.45) is 1.90. The molecule has 112 valence electrons. The van der Waals surface area contributed by atoms with Crippen molar-refractivity contribution in [2.75, 3.05) is 45.6 Å². The molecule has 1 aliphatic heterocycles. The highest BCUT2D eigenvalue weighted by Crippen LogP contribution is 2.19. The SMILES string of the molecule is CC(C)(C(=O)N1CCCN(CCO)CC1)S(C)(=O)=O. The molecule has 0 aromatic carbocycles. The van der Waals surface area contributed by atoms with E-state index in [2.05, 4.69) is 4.90 Å². The lowest BCUT2D eigenvalue weighted by atomic mass is 10.1. The molecular formula is C12H24N2O4S. The van der Waals surface area contributed by atoms with Crippen LogP contribution in [0.4, 0.5) is 0 Å². The van der Waals surface area contributed by atoms with Gasteiger partial charge in [0.1, 0.15) is 4.75 Å². The summed E-state index contributed by atoms with van der Waals surface area (Å²) >= 11 is 0. The number of nitrogens with zero attached hydrogens (tertiary/aromatic N) is 2. The average Bonchev–Trinajstić information content (AvgIpc) is 2.52. The fraction of sp³-hybridized carbons (Fsp3) is 0.917. The minimum Gasteiger partial charge on any atom is -0.395 e. The third-order valence-corrected chi connectivity index (χ3v) is 5.76. The smallest absolute Gasteiger partial charge is 0.243 e. The van der Waals surface area contributed by atoms with Crippen molar-refractivity contribution in [3.8, 4) is 0 Å². The zero-order chi connectivity index (χ0) is 14.7. The van der Waals surface area contributed by atoms with Gasteiger partial charge in [0, 0.05) is 32.4 Å². The van der Waals surface area contributed by atoms with Crippen molar-refractivity contribution in [3.05, 3.63) is 0 Å². The fourth-order valence-corrected chi connectivity index (χ4v) is 2.52. The number of aliphatic hydroxyl groups excluding tert-OH is 1. The van der Waals surface area contributed by atoms with Gasteiger partial charge in [-0.25, -0.2) is 8.42 Å². The molecule has 1 saturated heterocycles. The van der Waals surface area contributed by atoms with E-state index in [0.717, 1.165) is 19.2 Å². The zero-order valence-electron chi connectivity index (χ0n) is 11.9. The highest BCUT2D eigenvalue weighted by atomic mass is 32.2. The molecule has 1 amide bonds. The molecular weight excluding hydrogens is 268 g/mol. The molecule has 0 aromatic heterocycles. The number of rotatable bonds is 4. The van der Waals surface area contributed by atoms with Crippen LogP contribution in [0.5, 0.6) is 0 Å². The van der Waals surface area contributed by atoms with Crippen molar-refractivity contribution in [1.29, 1.82) is 0 Å². The topological polar surface area (TPSA) is 77.9 Å². The monoisotopic (exact) mass is 292 g/mol. The highest BCUT2D eigenvalue weighted by molar-refractivity contribution is 7.92. The molecule has 0 spiro atoms. The first-order valence-corrected chi connectivity index (χ1v) is 8.41. The van der Waals surface area contributed by atoms with Crippen molar-refractivity contribution in [2.24, 2.45) is 0 Å². The molecule has 19 heavy (non-hydrogen) atoms. The van der Waals surface area contributed by atoms with Crippen LogP contribution in [0.1, 0.15) is 20.3 Å². The quantitative estimate of drug-likeness (QED) is 0.744. The van der Waals surface area contributed by atoms with E-state index in [1.807, 2.05) is 0 Å². The van der Waals surface area contributed by atoms with E-state index >= 15 is 0 Å². The van der Waals surface area contributed by atoms with Gasteiger partial charge < -0.3 is 10.0 Å². The minimum atomic E-state index is -3.43. The number of carbonyl (C=O) groups is 1. The number of hydrogen-bond acceptors (Lipinski definition) is 5. The molecule has 0 atom stereocenters. The molecule has 1 fully saturated rings. The second kappa shape index (κ2) is 6.19. The normalized spacial score (nSPS) is 19.3. The Morgan fingerprint density at radius 2 is 1.84 bits per heavy atom. The molecule has 0 radical (unpaired) electrons. The first-order chi connectivity index (χ1) is 8.70. The predicted molar refractivity (Wildman–Crippen MR) is 73.6 cm³/mol. The molecule has 0 aliphatic carbocycles. The fourth-order valence-electron chi connectivity index (χ4n) is 2.08. The van der Waals surface area contributed by atoms with Crippen LogP contribution in [0.2, 0.25) is 0 Å². The summed E-state index contributed by atoms with van der Waals surface area (Å²) in [5.74, 6) is -0.333. The van der Waals surface area contributed by atoms with Crippen molar-refractivity contribution < 1.29 is 18.3 Å². The molecule has 0 unspecified atom stereocenters. The molecule has 1 heterocycles. The van der Waals surface area contributed by atoms with Crippen LogP contribution < -0.4 is 0 Å². The van der Waals surface area contributed by atoms with Gasteiger partial charge in [-0.05, 0) is 26.8 Å². The summed E-state index contributed by atoms with van der Waals surface area (Å²) in [4.78, 5) is 16.1. The lowest BCUT2D eigenvalue weighted by Crippen LogP contribution is -2.50. The predicted octanol–water partition coefficient (Wildman–Crippen LogP) is -0.664. The number of β-amino-alcohol motifs (C(OH)–C–C–N with tert-alkyl or cyclic N) is 1. The number of sulfone groups is 1. The Labute approximate surface area is 115 Å². The second-order valence-electron chi connectivity index (χ2n) is 5.49. The van der Waals surface area contributed by atoms with Gasteiger partial charge in [-0.2, -0.15) is 0 Å². The molecule has 1 aliphatic rings. The third-order valence-electron chi connectivity index (χ3n) is 3.73. The van der Waals surface area contributed by atoms with Gasteiger partial charge in [-0.1, -0.05) is 0 Å². The van der Waals surface area contributed by atoms with Crippen LogP contribution >= 0.6 is 0 Å². The largest absolute Gasteiger partial charge is 0.395 e. The molecule has 6 nitrogen and oxygen atoms in total. The molecule has 1 N–H and O–H groups in total. The Kier molecular flexibility index (Phi) is 5.34. The number of amides is 1. The minimum absolute atomic E-state index is 0.1000. The maximum Gasteiger partial charge on any atom is 0.243 e. The summed E-state index contributed by atoms with van der Waals surface area (Å²) in [6, 6.07) is 0. The van der Waals surface area contributed by atoms with Gasteiger partial charge in [-0.3, -0.25) is 9.69 Å². The van der Waals surface area contributed by atoms with E-state index in [0.29, 0.717) is 26.2 Å². The average molecular weight is 292 g/mol. The highest BCUT2D eigenvalue weighted by Gasteiger charge is 2.41. The molecule has 0 bridgehead atoms. The maximum absolute atomic E-state index is 12.4. The summed E-state index contributed by atoms with van der Waals surface area (Å²) in [6.45, 7) is 6.19. The first kappa shape index (κ1) is 16.4. The Morgan fingerprint density at radius 1 is 1.21 bits per heavy atom. The van der Waals surface area contributed by atoms with Crippen LogP contribution in [-0.4, -0.2) is 79.6 Å². The van der Waals surface area contributed by atoms with E-state index < -0.39 is 14.6 Å². The Morgan fingerprint density at radius 3 is 2.37 bits per heavy atom. The number of hydrogen-bond donors (Lipinski definition) is 1. The van der Waals surface area contributed by atoms with Crippen molar-refractivity contribution >= 4 is 15.7 Å². The number of carbonyl (C=O) groups excluding carboxylic acids is 1. The van der Waals surface area contributed by atoms with Crippen molar-refractivity contribution in [1.82, 2.24) is 9.80 Å². The maximum atomic E-state index is 12.4. The summed E-state index contributed by atoms with van der Waals surface area (Å²) in [5, 5.41) is 8.92. The van der Waals surface area contributed by atoms with E-state index in [9.17, 15) is 13.2 Å². The Balaban J connectivity index is 2.74. The molecule has 1 rings (SSSR count). The standard InChI is InChI=1S/C12H24N2O4S/c1-12(2,19(3,17)18)11(16)14-6-4-5-13(7-8-14)9-10-15/h15H,4-10H2,1-3H3. The zero-order valence-corrected chi connectivity index (χ0v) is 12.7. The van der Waals surface area contributed by atoms with Gasteiger partial charge in [0.05, 0.1) is 6.61 Å². The van der Waals surface area contributed by atoms with E-state index in [-0.39, 0.29) is 12.5 Å². The third kappa shape index (κ3) is 3.90. The first-order valence-electron chi connectivity index (χ1n) is 6.52. The summed E-state index contributed by atoms with van der Waals surface area (Å²) in [5.41, 5.74) is 0.